The third-order valence-corrected chi connectivity index (χ3v) is 7.54. The van der Waals surface area contributed by atoms with Gasteiger partial charge in [0.05, 0.1) is 11.6 Å². The van der Waals surface area contributed by atoms with Gasteiger partial charge in [0.1, 0.15) is 0 Å². The van der Waals surface area contributed by atoms with Gasteiger partial charge in [0.15, 0.2) is 14.6 Å². The number of hydroxylamine groups is 1. The molecule has 1 heterocycles. The van der Waals surface area contributed by atoms with E-state index in [-0.39, 0.29) is 13.0 Å². The number of aryl methyl sites for hydroxylation is 1. The average molecular weight is 456 g/mol. The maximum atomic E-state index is 12.1. The van der Waals surface area contributed by atoms with Crippen LogP contribution in [0.15, 0.2) is 48.7 Å². The second kappa shape index (κ2) is 9.12. The molecule has 3 aromatic rings. The van der Waals surface area contributed by atoms with Gasteiger partial charge in [-0.25, -0.2) is 13.9 Å². The largest absolute Gasteiger partial charge is 0.389 e. The highest BCUT2D eigenvalue weighted by Gasteiger charge is 2.43. The molecule has 0 bridgehead atoms. The molecular formula is C23H25N3O5S. The smallest absolute Gasteiger partial charge is 0.264 e. The van der Waals surface area contributed by atoms with Crippen LogP contribution in [-0.4, -0.2) is 45.4 Å². The number of nitrogens with one attached hydrogen (secondary N) is 1. The van der Waals surface area contributed by atoms with Gasteiger partial charge in [0.2, 0.25) is 0 Å². The van der Waals surface area contributed by atoms with Crippen molar-refractivity contribution in [1.82, 2.24) is 15.3 Å². The van der Waals surface area contributed by atoms with E-state index in [2.05, 4.69) is 16.9 Å². The summed E-state index contributed by atoms with van der Waals surface area (Å²) in [5.74, 6) is 5.21. The number of aliphatic hydroxyl groups is 1. The van der Waals surface area contributed by atoms with E-state index in [0.717, 1.165) is 28.3 Å². The van der Waals surface area contributed by atoms with E-state index in [4.69, 9.17) is 5.21 Å². The summed E-state index contributed by atoms with van der Waals surface area (Å²) in [6.45, 7) is 3.15. The van der Waals surface area contributed by atoms with Crippen LogP contribution in [0.5, 0.6) is 0 Å². The van der Waals surface area contributed by atoms with Gasteiger partial charge in [-0.2, -0.15) is 5.10 Å². The summed E-state index contributed by atoms with van der Waals surface area (Å²) in [5.41, 5.74) is 4.60. The number of nitrogens with zero attached hydrogens (tertiary/aromatic N) is 2. The van der Waals surface area contributed by atoms with Gasteiger partial charge in [-0.1, -0.05) is 24.0 Å². The van der Waals surface area contributed by atoms with Crippen molar-refractivity contribution in [2.45, 2.75) is 37.7 Å². The molecule has 8 nitrogen and oxygen atoms in total. The highest BCUT2D eigenvalue weighted by Crippen LogP contribution is 2.23. The van der Waals surface area contributed by atoms with Gasteiger partial charge in [-0.3, -0.25) is 14.7 Å². The molecule has 0 fully saturated rings. The summed E-state index contributed by atoms with van der Waals surface area (Å²) in [7, 11) is -3.77. The van der Waals surface area contributed by atoms with Gasteiger partial charge in [-0.05, 0) is 56.2 Å². The highest BCUT2D eigenvalue weighted by atomic mass is 32.2. The predicted octanol–water partition coefficient (Wildman–Crippen LogP) is 2.19. The topological polar surface area (TPSA) is 122 Å². The minimum absolute atomic E-state index is 0.0542. The molecule has 0 radical (unpaired) electrons. The molecule has 1 aromatic heterocycles. The molecule has 3 N–H and O–H groups in total. The summed E-state index contributed by atoms with van der Waals surface area (Å²) in [6.07, 6.45) is 2.15. The molecule has 0 aliphatic heterocycles. The third-order valence-electron chi connectivity index (χ3n) is 5.51. The molecule has 2 aromatic carbocycles. The van der Waals surface area contributed by atoms with Crippen molar-refractivity contribution >= 4 is 26.6 Å². The van der Waals surface area contributed by atoms with E-state index in [1.807, 2.05) is 42.5 Å². The third kappa shape index (κ3) is 4.99. The van der Waals surface area contributed by atoms with Crippen molar-refractivity contribution < 1.29 is 23.5 Å². The van der Waals surface area contributed by atoms with Crippen molar-refractivity contribution in [3.63, 3.8) is 0 Å². The highest BCUT2D eigenvalue weighted by molar-refractivity contribution is 7.92. The molecule has 168 valence electrons. The fourth-order valence-corrected chi connectivity index (χ4v) is 4.02. The monoisotopic (exact) mass is 455 g/mol. The average Bonchev–Trinajstić information content (AvgIpc) is 3.17. The zero-order chi connectivity index (χ0) is 23.5. The lowest BCUT2D eigenvalue weighted by Gasteiger charge is -2.24. The summed E-state index contributed by atoms with van der Waals surface area (Å²) in [6, 6.07) is 12.9. The Hall–Kier alpha value is -3.19. The fourth-order valence-electron chi connectivity index (χ4n) is 3.17. The molecule has 0 unspecified atom stereocenters. The number of sulfone groups is 1. The maximum absolute atomic E-state index is 12.1. The zero-order valence-corrected chi connectivity index (χ0v) is 18.8. The van der Waals surface area contributed by atoms with Gasteiger partial charge >= 0.3 is 0 Å². The SMILES string of the molecule is C[C@H](O)c1ccc(C#Cc2ccc3nn(CC[C@](C)(C(=O)NO)S(C)(=O)=O)cc3c2)cc1. The number of aromatic nitrogens is 2. The lowest BCUT2D eigenvalue weighted by atomic mass is 10.1. The van der Waals surface area contributed by atoms with Crippen molar-refractivity contribution in [2.75, 3.05) is 6.26 Å². The maximum Gasteiger partial charge on any atom is 0.264 e. The molecule has 0 aliphatic rings. The Morgan fingerprint density at radius 3 is 2.41 bits per heavy atom. The normalized spacial score (nSPS) is 14.3. The van der Waals surface area contributed by atoms with Crippen LogP contribution in [0.25, 0.3) is 10.9 Å². The number of hydrogen-bond donors (Lipinski definition) is 3. The molecule has 0 saturated carbocycles. The number of hydrogen-bond acceptors (Lipinski definition) is 6. The fraction of sp³-hybridized carbons (Fsp3) is 0.304. The van der Waals surface area contributed by atoms with E-state index in [1.165, 1.54) is 12.4 Å². The first kappa shape index (κ1) is 23.5. The molecule has 0 aliphatic carbocycles. The Morgan fingerprint density at radius 2 is 1.81 bits per heavy atom. The van der Waals surface area contributed by atoms with Crippen LogP contribution in [0, 0.1) is 11.8 Å². The van der Waals surface area contributed by atoms with Crippen molar-refractivity contribution in [2.24, 2.45) is 0 Å². The van der Waals surface area contributed by atoms with Crippen molar-refractivity contribution in [3.05, 3.63) is 65.4 Å². The van der Waals surface area contributed by atoms with E-state index in [9.17, 15) is 18.3 Å². The van der Waals surface area contributed by atoms with E-state index in [0.29, 0.717) is 5.52 Å². The minimum atomic E-state index is -3.77. The molecule has 0 spiro atoms. The Bertz CT molecular complexity index is 1300. The number of rotatable bonds is 6. The Balaban J connectivity index is 1.79. The minimum Gasteiger partial charge on any atom is -0.389 e. The number of amides is 1. The van der Waals surface area contributed by atoms with Crippen LogP contribution in [0.1, 0.15) is 43.1 Å². The second-order valence-corrected chi connectivity index (χ2v) is 10.4. The van der Waals surface area contributed by atoms with Gasteiger partial charge in [0, 0.05) is 35.5 Å². The molecule has 0 saturated heterocycles. The van der Waals surface area contributed by atoms with Crippen LogP contribution in [-0.2, 0) is 21.2 Å². The zero-order valence-electron chi connectivity index (χ0n) is 18.0. The Morgan fingerprint density at radius 1 is 1.19 bits per heavy atom. The van der Waals surface area contributed by atoms with E-state index < -0.39 is 26.6 Å². The molecule has 9 heteroatoms. The number of fused-ring (bicyclic) bond motifs is 1. The van der Waals surface area contributed by atoms with Crippen molar-refractivity contribution in [3.8, 4) is 11.8 Å². The van der Waals surface area contributed by atoms with Crippen LogP contribution in [0.2, 0.25) is 0 Å². The molecule has 32 heavy (non-hydrogen) atoms. The number of aliphatic hydroxyl groups excluding tert-OH is 1. The standard InChI is InChI=1S/C23H25N3O5S/c1-16(27)19-9-6-17(7-10-19)4-5-18-8-11-21-20(14-18)15-26(24-21)13-12-23(2,22(28)25-29)32(3,30)31/h6-11,14-16,27,29H,12-13H2,1-3H3,(H,25,28)/t16-,23+/m0/s1. The molecule has 3 rings (SSSR count). The first-order valence-corrected chi connectivity index (χ1v) is 11.8. The summed E-state index contributed by atoms with van der Waals surface area (Å²) in [5, 5.41) is 23.8. The summed E-state index contributed by atoms with van der Waals surface area (Å²) >= 11 is 0. The first-order chi connectivity index (χ1) is 15.0. The van der Waals surface area contributed by atoms with Gasteiger partial charge < -0.3 is 5.11 Å². The quantitative estimate of drug-likeness (QED) is 0.298. The van der Waals surface area contributed by atoms with Gasteiger partial charge in [0.25, 0.3) is 5.91 Å². The van der Waals surface area contributed by atoms with Crippen LogP contribution in [0.3, 0.4) is 0 Å². The number of carbonyl (C=O) groups excluding carboxylic acids is 1. The van der Waals surface area contributed by atoms with Crippen LogP contribution < -0.4 is 5.48 Å². The molecule has 2 atom stereocenters. The van der Waals surface area contributed by atoms with E-state index >= 15 is 0 Å². The van der Waals surface area contributed by atoms with Crippen LogP contribution >= 0.6 is 0 Å². The first-order valence-electron chi connectivity index (χ1n) is 9.95. The van der Waals surface area contributed by atoms with E-state index in [1.54, 1.807) is 17.8 Å². The lowest BCUT2D eigenvalue weighted by Crippen LogP contribution is -2.49. The molecular weight excluding hydrogens is 430 g/mol. The van der Waals surface area contributed by atoms with Crippen LogP contribution in [0.4, 0.5) is 0 Å². The van der Waals surface area contributed by atoms with Crippen molar-refractivity contribution in [1.29, 1.82) is 0 Å². The Kier molecular flexibility index (Phi) is 6.69. The summed E-state index contributed by atoms with van der Waals surface area (Å²) < 4.78 is 24.0. The lowest BCUT2D eigenvalue weighted by molar-refractivity contribution is -0.131. The summed E-state index contributed by atoms with van der Waals surface area (Å²) in [4.78, 5) is 12.0. The predicted molar refractivity (Wildman–Crippen MR) is 121 cm³/mol. The number of benzene rings is 2. The number of carbonyl (C=O) groups is 1. The second-order valence-electron chi connectivity index (χ2n) is 7.91. The Labute approximate surface area is 186 Å². The molecule has 1 amide bonds. The van der Waals surface area contributed by atoms with Gasteiger partial charge in [-0.15, -0.1) is 0 Å².